The van der Waals surface area contributed by atoms with E-state index in [0.29, 0.717) is 25.2 Å². The van der Waals surface area contributed by atoms with Crippen molar-refractivity contribution in [3.8, 4) is 0 Å². The standard InChI is InChI=1S/C15H21FN4O2/c1-11(14(21)18-15(17)22)20-8-6-19(7-9-20)10-12-4-2-3-5-13(12)16/h2-5,11H,6-10H2,1H3,(H3,17,18,21,22)/t11-/m1/s1. The Morgan fingerprint density at radius 2 is 1.91 bits per heavy atom. The molecule has 7 heteroatoms. The van der Waals surface area contributed by atoms with E-state index in [1.165, 1.54) is 6.07 Å². The second-order valence-corrected chi connectivity index (χ2v) is 5.43. The van der Waals surface area contributed by atoms with Crippen molar-refractivity contribution in [3.63, 3.8) is 0 Å². The van der Waals surface area contributed by atoms with Gasteiger partial charge in [-0.2, -0.15) is 0 Å². The van der Waals surface area contributed by atoms with Gasteiger partial charge in [-0.05, 0) is 13.0 Å². The van der Waals surface area contributed by atoms with Crippen molar-refractivity contribution in [3.05, 3.63) is 35.6 Å². The number of primary amides is 1. The Labute approximate surface area is 129 Å². The van der Waals surface area contributed by atoms with E-state index in [-0.39, 0.29) is 5.82 Å². The van der Waals surface area contributed by atoms with E-state index in [4.69, 9.17) is 5.73 Å². The lowest BCUT2D eigenvalue weighted by molar-refractivity contribution is -0.125. The van der Waals surface area contributed by atoms with Crippen LogP contribution in [0, 0.1) is 5.82 Å². The first-order valence-electron chi connectivity index (χ1n) is 7.27. The highest BCUT2D eigenvalue weighted by Gasteiger charge is 2.26. The van der Waals surface area contributed by atoms with Crippen molar-refractivity contribution in [2.24, 2.45) is 5.73 Å². The quantitative estimate of drug-likeness (QED) is 0.850. The molecule has 22 heavy (non-hydrogen) atoms. The summed E-state index contributed by atoms with van der Waals surface area (Å²) >= 11 is 0. The van der Waals surface area contributed by atoms with Crippen molar-refractivity contribution in [2.75, 3.05) is 26.2 Å². The fraction of sp³-hybridized carbons (Fsp3) is 0.467. The van der Waals surface area contributed by atoms with Crippen LogP contribution in [0.5, 0.6) is 0 Å². The third-order valence-corrected chi connectivity index (χ3v) is 3.93. The second kappa shape index (κ2) is 7.33. The lowest BCUT2D eigenvalue weighted by Gasteiger charge is -2.37. The smallest absolute Gasteiger partial charge is 0.318 e. The van der Waals surface area contributed by atoms with Crippen LogP contribution < -0.4 is 11.1 Å². The number of hydrogen-bond donors (Lipinski definition) is 2. The molecule has 0 radical (unpaired) electrons. The van der Waals surface area contributed by atoms with E-state index >= 15 is 0 Å². The van der Waals surface area contributed by atoms with Gasteiger partial charge in [-0.3, -0.25) is 19.9 Å². The molecule has 1 heterocycles. The summed E-state index contributed by atoms with van der Waals surface area (Å²) in [6, 6.07) is 5.49. The number of benzene rings is 1. The van der Waals surface area contributed by atoms with Crippen LogP contribution in [0.1, 0.15) is 12.5 Å². The molecule has 0 aliphatic carbocycles. The Morgan fingerprint density at radius 3 is 2.50 bits per heavy atom. The molecule has 3 amide bonds. The summed E-state index contributed by atoms with van der Waals surface area (Å²) in [4.78, 5) is 26.6. The maximum Gasteiger partial charge on any atom is 0.318 e. The molecule has 1 fully saturated rings. The van der Waals surface area contributed by atoms with Gasteiger partial charge in [0.05, 0.1) is 6.04 Å². The van der Waals surface area contributed by atoms with Gasteiger partial charge in [0.15, 0.2) is 0 Å². The molecule has 1 saturated heterocycles. The average molecular weight is 308 g/mol. The number of imide groups is 1. The first-order chi connectivity index (χ1) is 10.5. The number of piperazine rings is 1. The molecule has 0 spiro atoms. The SMILES string of the molecule is C[C@H](C(=O)NC(N)=O)N1CCN(Cc2ccccc2F)CC1. The fourth-order valence-corrected chi connectivity index (χ4v) is 2.57. The monoisotopic (exact) mass is 308 g/mol. The molecule has 2 rings (SSSR count). The molecule has 1 aromatic carbocycles. The highest BCUT2D eigenvalue weighted by molar-refractivity contribution is 5.96. The van der Waals surface area contributed by atoms with Crippen LogP contribution >= 0.6 is 0 Å². The Balaban J connectivity index is 1.84. The highest BCUT2D eigenvalue weighted by atomic mass is 19.1. The Bertz CT molecular complexity index is 544. The molecule has 120 valence electrons. The molecule has 0 aromatic heterocycles. The van der Waals surface area contributed by atoms with Gasteiger partial charge in [-0.25, -0.2) is 9.18 Å². The molecular formula is C15H21FN4O2. The number of nitrogens with zero attached hydrogens (tertiary/aromatic N) is 2. The van der Waals surface area contributed by atoms with Crippen LogP contribution in [0.2, 0.25) is 0 Å². The summed E-state index contributed by atoms with van der Waals surface area (Å²) in [5.41, 5.74) is 5.63. The van der Waals surface area contributed by atoms with Crippen LogP contribution in [-0.2, 0) is 11.3 Å². The molecule has 1 atom stereocenters. The van der Waals surface area contributed by atoms with Gasteiger partial charge < -0.3 is 5.73 Å². The van der Waals surface area contributed by atoms with Gasteiger partial charge in [-0.15, -0.1) is 0 Å². The number of carbonyl (C=O) groups excluding carboxylic acids is 2. The molecular weight excluding hydrogens is 287 g/mol. The summed E-state index contributed by atoms with van der Waals surface area (Å²) in [6.45, 7) is 5.14. The van der Waals surface area contributed by atoms with Gasteiger partial charge in [0, 0.05) is 38.3 Å². The molecule has 6 nitrogen and oxygen atoms in total. The van der Waals surface area contributed by atoms with E-state index in [9.17, 15) is 14.0 Å². The molecule has 0 bridgehead atoms. The number of amides is 3. The van der Waals surface area contributed by atoms with Crippen molar-refractivity contribution < 1.29 is 14.0 Å². The average Bonchev–Trinajstić information content (AvgIpc) is 2.49. The van der Waals surface area contributed by atoms with E-state index in [1.807, 2.05) is 11.0 Å². The largest absolute Gasteiger partial charge is 0.351 e. The van der Waals surface area contributed by atoms with Crippen molar-refractivity contribution in [2.45, 2.75) is 19.5 Å². The first kappa shape index (κ1) is 16.4. The van der Waals surface area contributed by atoms with Crippen LogP contribution in [0.4, 0.5) is 9.18 Å². The number of nitrogens with one attached hydrogen (secondary N) is 1. The third-order valence-electron chi connectivity index (χ3n) is 3.93. The minimum atomic E-state index is -0.838. The zero-order valence-electron chi connectivity index (χ0n) is 12.6. The van der Waals surface area contributed by atoms with Gasteiger partial charge >= 0.3 is 6.03 Å². The lowest BCUT2D eigenvalue weighted by Crippen LogP contribution is -2.54. The molecule has 0 unspecified atom stereocenters. The minimum Gasteiger partial charge on any atom is -0.351 e. The summed E-state index contributed by atoms with van der Waals surface area (Å²) in [7, 11) is 0. The number of hydrogen-bond acceptors (Lipinski definition) is 4. The van der Waals surface area contributed by atoms with E-state index in [0.717, 1.165) is 13.1 Å². The van der Waals surface area contributed by atoms with Crippen LogP contribution in [0.25, 0.3) is 0 Å². The van der Waals surface area contributed by atoms with Crippen LogP contribution in [-0.4, -0.2) is 54.0 Å². The summed E-state index contributed by atoms with van der Waals surface area (Å²) in [6.07, 6.45) is 0. The number of nitrogens with two attached hydrogens (primary N) is 1. The molecule has 1 aliphatic heterocycles. The Morgan fingerprint density at radius 1 is 1.27 bits per heavy atom. The van der Waals surface area contributed by atoms with E-state index in [1.54, 1.807) is 19.1 Å². The fourth-order valence-electron chi connectivity index (χ4n) is 2.57. The number of urea groups is 1. The Hall–Kier alpha value is -1.99. The third kappa shape index (κ3) is 4.25. The predicted octanol–water partition coefficient (Wildman–Crippen LogP) is 0.527. The summed E-state index contributed by atoms with van der Waals surface area (Å²) in [5, 5.41) is 2.09. The molecule has 0 saturated carbocycles. The maximum atomic E-state index is 13.6. The zero-order valence-corrected chi connectivity index (χ0v) is 12.6. The normalized spacial score (nSPS) is 17.9. The zero-order chi connectivity index (χ0) is 16.1. The first-order valence-corrected chi connectivity index (χ1v) is 7.27. The highest BCUT2D eigenvalue weighted by Crippen LogP contribution is 2.13. The molecule has 3 N–H and O–H groups in total. The molecule has 1 aromatic rings. The van der Waals surface area contributed by atoms with Crippen molar-refractivity contribution >= 4 is 11.9 Å². The predicted molar refractivity (Wildman–Crippen MR) is 80.4 cm³/mol. The molecule has 1 aliphatic rings. The van der Waals surface area contributed by atoms with Gasteiger partial charge in [0.1, 0.15) is 5.82 Å². The number of halogens is 1. The summed E-state index contributed by atoms with van der Waals surface area (Å²) < 4.78 is 13.6. The lowest BCUT2D eigenvalue weighted by atomic mass is 10.1. The van der Waals surface area contributed by atoms with Gasteiger partial charge in [0.25, 0.3) is 0 Å². The minimum absolute atomic E-state index is 0.195. The second-order valence-electron chi connectivity index (χ2n) is 5.43. The van der Waals surface area contributed by atoms with Gasteiger partial charge in [-0.1, -0.05) is 18.2 Å². The van der Waals surface area contributed by atoms with E-state index < -0.39 is 18.0 Å². The van der Waals surface area contributed by atoms with Gasteiger partial charge in [0.2, 0.25) is 5.91 Å². The number of rotatable bonds is 4. The van der Waals surface area contributed by atoms with Crippen molar-refractivity contribution in [1.29, 1.82) is 0 Å². The maximum absolute atomic E-state index is 13.6. The summed E-state index contributed by atoms with van der Waals surface area (Å²) in [5.74, 6) is -0.589. The Kier molecular flexibility index (Phi) is 5.46. The number of carbonyl (C=O) groups is 2. The van der Waals surface area contributed by atoms with E-state index in [2.05, 4.69) is 10.2 Å². The topological polar surface area (TPSA) is 78.7 Å². The van der Waals surface area contributed by atoms with Crippen LogP contribution in [0.3, 0.4) is 0 Å². The van der Waals surface area contributed by atoms with Crippen molar-refractivity contribution in [1.82, 2.24) is 15.1 Å². The van der Waals surface area contributed by atoms with Crippen LogP contribution in [0.15, 0.2) is 24.3 Å².